The molecule has 96 valence electrons. The van der Waals surface area contributed by atoms with Crippen molar-refractivity contribution in [3.63, 3.8) is 0 Å². The zero-order valence-corrected chi connectivity index (χ0v) is 10.7. The van der Waals surface area contributed by atoms with Crippen LogP contribution in [0.1, 0.15) is 17.0 Å². The van der Waals surface area contributed by atoms with Crippen LogP contribution in [0.25, 0.3) is 12.2 Å². The van der Waals surface area contributed by atoms with Gasteiger partial charge in [0.1, 0.15) is 6.07 Å². The smallest absolute Gasteiger partial charge is 0.190 e. The van der Waals surface area contributed by atoms with Crippen LogP contribution in [0.2, 0.25) is 5.02 Å². The fourth-order valence-corrected chi connectivity index (χ4v) is 1.70. The van der Waals surface area contributed by atoms with Crippen molar-refractivity contribution in [2.75, 3.05) is 6.61 Å². The largest absolute Gasteiger partial charge is 0.394 e. The lowest BCUT2D eigenvalue weighted by Gasteiger charge is -1.99. The van der Waals surface area contributed by atoms with Crippen molar-refractivity contribution in [3.05, 3.63) is 46.2 Å². The number of aliphatic hydroxyl groups excluding tert-OH is 1. The highest BCUT2D eigenvalue weighted by Crippen LogP contribution is 2.13. The second-order valence-corrected chi connectivity index (χ2v) is 4.20. The number of benzene rings is 1. The second-order valence-electron chi connectivity index (χ2n) is 3.77. The maximum absolute atomic E-state index is 8.95. The molecule has 1 heterocycles. The first-order valence-electron chi connectivity index (χ1n) is 5.62. The van der Waals surface area contributed by atoms with Gasteiger partial charge in [0.2, 0.25) is 0 Å². The molecule has 1 N–H and O–H groups in total. The zero-order valence-electron chi connectivity index (χ0n) is 9.99. The minimum Gasteiger partial charge on any atom is -0.394 e. The van der Waals surface area contributed by atoms with Gasteiger partial charge in [-0.05, 0) is 23.8 Å². The molecular formula is C13H11ClN4O. The predicted molar refractivity (Wildman–Crippen MR) is 72.2 cm³/mol. The zero-order chi connectivity index (χ0) is 13.7. The van der Waals surface area contributed by atoms with Crippen LogP contribution in [-0.2, 0) is 6.54 Å². The maximum Gasteiger partial charge on any atom is 0.190 e. The standard InChI is InChI=1S/C13H11ClN4O/c14-11-4-1-10(2-5-11)3-6-13-12(9-15)16-17-18(13)7-8-19/h1-6,19H,7-8H2/b6-3+. The quantitative estimate of drug-likeness (QED) is 0.925. The molecule has 2 rings (SSSR count). The average molecular weight is 275 g/mol. The lowest BCUT2D eigenvalue weighted by molar-refractivity contribution is 0.267. The van der Waals surface area contributed by atoms with Gasteiger partial charge in [-0.15, -0.1) is 5.10 Å². The Bertz CT molecular complexity index is 625. The van der Waals surface area contributed by atoms with Gasteiger partial charge in [-0.1, -0.05) is 35.0 Å². The molecule has 5 nitrogen and oxygen atoms in total. The molecule has 0 unspecified atom stereocenters. The van der Waals surface area contributed by atoms with Gasteiger partial charge >= 0.3 is 0 Å². The number of nitriles is 1. The van der Waals surface area contributed by atoms with Crippen LogP contribution in [0, 0.1) is 11.3 Å². The summed E-state index contributed by atoms with van der Waals surface area (Å²) in [5.41, 5.74) is 1.76. The molecule has 1 aromatic heterocycles. The fraction of sp³-hybridized carbons (Fsp3) is 0.154. The molecule has 0 fully saturated rings. The van der Waals surface area contributed by atoms with E-state index in [2.05, 4.69) is 10.3 Å². The van der Waals surface area contributed by atoms with E-state index in [9.17, 15) is 0 Å². The first-order valence-corrected chi connectivity index (χ1v) is 6.00. The van der Waals surface area contributed by atoms with Gasteiger partial charge in [0.15, 0.2) is 5.69 Å². The molecule has 0 atom stereocenters. The molecule has 0 aliphatic rings. The van der Waals surface area contributed by atoms with E-state index in [0.29, 0.717) is 17.3 Å². The molecule has 1 aromatic carbocycles. The molecule has 0 amide bonds. The van der Waals surface area contributed by atoms with Crippen LogP contribution in [0.3, 0.4) is 0 Å². The summed E-state index contributed by atoms with van der Waals surface area (Å²) in [4.78, 5) is 0. The average Bonchev–Trinajstić information content (AvgIpc) is 2.81. The summed E-state index contributed by atoms with van der Waals surface area (Å²) in [5.74, 6) is 0. The maximum atomic E-state index is 8.95. The van der Waals surface area contributed by atoms with E-state index in [4.69, 9.17) is 22.0 Å². The summed E-state index contributed by atoms with van der Waals surface area (Å²) in [6.45, 7) is 0.241. The summed E-state index contributed by atoms with van der Waals surface area (Å²) in [5, 5.41) is 26.1. The molecular weight excluding hydrogens is 264 g/mol. The van der Waals surface area contributed by atoms with Crippen LogP contribution in [0.4, 0.5) is 0 Å². The van der Waals surface area contributed by atoms with E-state index in [-0.39, 0.29) is 12.3 Å². The van der Waals surface area contributed by atoms with Crippen molar-refractivity contribution in [3.8, 4) is 6.07 Å². The molecule has 0 aliphatic heterocycles. The number of halogens is 1. The topological polar surface area (TPSA) is 74.7 Å². The third kappa shape index (κ3) is 3.19. The van der Waals surface area contributed by atoms with E-state index in [1.54, 1.807) is 18.2 Å². The molecule has 0 radical (unpaired) electrons. The van der Waals surface area contributed by atoms with E-state index < -0.39 is 0 Å². The van der Waals surface area contributed by atoms with Crippen LogP contribution in [0.15, 0.2) is 24.3 Å². The second kappa shape index (κ2) is 6.14. The van der Waals surface area contributed by atoms with Gasteiger partial charge in [-0.2, -0.15) is 5.26 Å². The Morgan fingerprint density at radius 1 is 1.32 bits per heavy atom. The fourth-order valence-electron chi connectivity index (χ4n) is 1.57. The first-order chi connectivity index (χ1) is 9.24. The highest BCUT2D eigenvalue weighted by atomic mass is 35.5. The minimum absolute atomic E-state index is 0.0595. The Hall–Kier alpha value is -2.16. The van der Waals surface area contributed by atoms with Crippen molar-refractivity contribution in [1.82, 2.24) is 15.0 Å². The molecule has 0 saturated carbocycles. The Morgan fingerprint density at radius 2 is 2.05 bits per heavy atom. The van der Waals surface area contributed by atoms with Gasteiger partial charge in [-0.25, -0.2) is 4.68 Å². The Labute approximate surface area is 115 Å². The summed E-state index contributed by atoms with van der Waals surface area (Å²) in [6, 6.07) is 9.28. The molecule has 0 bridgehead atoms. The van der Waals surface area contributed by atoms with Crippen molar-refractivity contribution >= 4 is 23.8 Å². The van der Waals surface area contributed by atoms with Crippen molar-refractivity contribution in [2.45, 2.75) is 6.54 Å². The Morgan fingerprint density at radius 3 is 2.68 bits per heavy atom. The van der Waals surface area contributed by atoms with Crippen LogP contribution < -0.4 is 0 Å². The number of hydrogen-bond acceptors (Lipinski definition) is 4. The highest BCUT2D eigenvalue weighted by molar-refractivity contribution is 6.30. The van der Waals surface area contributed by atoms with Crippen LogP contribution >= 0.6 is 11.6 Å². The summed E-state index contributed by atoms with van der Waals surface area (Å²) in [7, 11) is 0. The predicted octanol–water partition coefficient (Wildman–Crippen LogP) is 1.97. The number of rotatable bonds is 4. The van der Waals surface area contributed by atoms with E-state index >= 15 is 0 Å². The highest BCUT2D eigenvalue weighted by Gasteiger charge is 2.08. The molecule has 19 heavy (non-hydrogen) atoms. The number of hydrogen-bond donors (Lipinski definition) is 1. The Balaban J connectivity index is 2.29. The van der Waals surface area contributed by atoms with Gasteiger partial charge in [0, 0.05) is 5.02 Å². The molecule has 2 aromatic rings. The van der Waals surface area contributed by atoms with E-state index in [0.717, 1.165) is 5.56 Å². The van der Waals surface area contributed by atoms with Gasteiger partial charge in [0.25, 0.3) is 0 Å². The number of aliphatic hydroxyl groups is 1. The monoisotopic (exact) mass is 274 g/mol. The van der Waals surface area contributed by atoms with Crippen LogP contribution in [-0.4, -0.2) is 26.7 Å². The molecule has 6 heteroatoms. The normalized spacial score (nSPS) is 10.8. The van der Waals surface area contributed by atoms with E-state index in [1.807, 2.05) is 24.3 Å². The van der Waals surface area contributed by atoms with Crippen molar-refractivity contribution < 1.29 is 5.11 Å². The number of aromatic nitrogens is 3. The van der Waals surface area contributed by atoms with Gasteiger partial charge < -0.3 is 5.11 Å². The first kappa shape index (κ1) is 13.3. The van der Waals surface area contributed by atoms with Crippen molar-refractivity contribution in [2.24, 2.45) is 0 Å². The summed E-state index contributed by atoms with van der Waals surface area (Å²) >= 11 is 5.81. The number of nitrogens with zero attached hydrogens (tertiary/aromatic N) is 4. The summed E-state index contributed by atoms with van der Waals surface area (Å²) in [6.07, 6.45) is 3.58. The summed E-state index contributed by atoms with van der Waals surface area (Å²) < 4.78 is 1.49. The third-order valence-corrected chi connectivity index (χ3v) is 2.75. The van der Waals surface area contributed by atoms with Gasteiger partial charge in [0.05, 0.1) is 18.8 Å². The lowest BCUT2D eigenvalue weighted by Crippen LogP contribution is -2.06. The minimum atomic E-state index is -0.0595. The SMILES string of the molecule is N#Cc1nnn(CCO)c1/C=C/c1ccc(Cl)cc1. The van der Waals surface area contributed by atoms with Gasteiger partial charge in [-0.3, -0.25) is 0 Å². The lowest BCUT2D eigenvalue weighted by atomic mass is 10.2. The Kier molecular flexibility index (Phi) is 4.29. The molecule has 0 aliphatic carbocycles. The molecule has 0 spiro atoms. The third-order valence-electron chi connectivity index (χ3n) is 2.49. The molecule has 0 saturated heterocycles. The van der Waals surface area contributed by atoms with E-state index in [1.165, 1.54) is 4.68 Å². The van der Waals surface area contributed by atoms with Crippen molar-refractivity contribution in [1.29, 1.82) is 5.26 Å². The van der Waals surface area contributed by atoms with Crippen LogP contribution in [0.5, 0.6) is 0 Å².